The van der Waals surface area contributed by atoms with Gasteiger partial charge >= 0.3 is 0 Å². The molecule has 1 heterocycles. The third-order valence-corrected chi connectivity index (χ3v) is 2.26. The predicted molar refractivity (Wildman–Crippen MR) is 49.1 cm³/mol. The van der Waals surface area contributed by atoms with Crippen molar-refractivity contribution in [2.45, 2.75) is 32.3 Å². The molecule has 72 valence electrons. The van der Waals surface area contributed by atoms with Crippen LogP contribution in [0.3, 0.4) is 0 Å². The topological polar surface area (TPSA) is 73.3 Å². The number of hydrogen-bond acceptors (Lipinski definition) is 4. The van der Waals surface area contributed by atoms with Crippen LogP contribution in [-0.4, -0.2) is 22.8 Å². The number of nitrogens with zero attached hydrogens (tertiary/aromatic N) is 2. The largest absolute Gasteiger partial charge is 0.388 e. The van der Waals surface area contributed by atoms with Crippen LogP contribution in [0.25, 0.3) is 0 Å². The van der Waals surface area contributed by atoms with Crippen molar-refractivity contribution in [2.75, 3.05) is 6.54 Å². The molecule has 3 N–H and O–H groups in total. The minimum atomic E-state index is -0.718. The fourth-order valence-corrected chi connectivity index (χ4v) is 1.54. The van der Waals surface area contributed by atoms with Crippen molar-refractivity contribution in [3.63, 3.8) is 0 Å². The van der Waals surface area contributed by atoms with Crippen LogP contribution in [0.1, 0.15) is 26.2 Å². The Hall–Kier alpha value is -1.05. The molecule has 1 unspecified atom stereocenters. The van der Waals surface area contributed by atoms with Gasteiger partial charge in [-0.2, -0.15) is 5.26 Å². The van der Waals surface area contributed by atoms with E-state index in [-0.39, 0.29) is 0 Å². The number of rotatable bonds is 1. The first-order valence-electron chi connectivity index (χ1n) is 4.50. The van der Waals surface area contributed by atoms with Gasteiger partial charge in [-0.25, -0.2) is 5.84 Å². The summed E-state index contributed by atoms with van der Waals surface area (Å²) in [6.45, 7) is 2.36. The first-order chi connectivity index (χ1) is 6.16. The highest BCUT2D eigenvalue weighted by atomic mass is 16.3. The molecule has 0 amide bonds. The van der Waals surface area contributed by atoms with E-state index in [1.54, 1.807) is 11.9 Å². The molecule has 0 radical (unpaired) electrons. The number of aliphatic hydroxyl groups excluding tert-OH is 1. The Bertz CT molecular complexity index is 252. The molecule has 4 nitrogen and oxygen atoms in total. The summed E-state index contributed by atoms with van der Waals surface area (Å²) in [7, 11) is 0. The van der Waals surface area contributed by atoms with E-state index in [1.165, 1.54) is 0 Å². The molecule has 0 aromatic carbocycles. The lowest BCUT2D eigenvalue weighted by molar-refractivity contribution is 0.222. The molecule has 0 aromatic rings. The van der Waals surface area contributed by atoms with Gasteiger partial charge in [0.25, 0.3) is 0 Å². The van der Waals surface area contributed by atoms with Crippen molar-refractivity contribution in [1.29, 1.82) is 5.26 Å². The van der Waals surface area contributed by atoms with Gasteiger partial charge in [0, 0.05) is 12.2 Å². The number of hydrazine groups is 1. The minimum Gasteiger partial charge on any atom is -0.388 e. The zero-order valence-electron chi connectivity index (χ0n) is 7.82. The van der Waals surface area contributed by atoms with Crippen LogP contribution in [0.4, 0.5) is 0 Å². The summed E-state index contributed by atoms with van der Waals surface area (Å²) < 4.78 is 0. The molecule has 0 aliphatic carbocycles. The monoisotopic (exact) mass is 181 g/mol. The summed E-state index contributed by atoms with van der Waals surface area (Å²) in [5.74, 6) is 5.71. The van der Waals surface area contributed by atoms with E-state index in [9.17, 15) is 5.11 Å². The first kappa shape index (κ1) is 10.0. The maximum Gasteiger partial charge on any atom is 0.0993 e. The normalized spacial score (nSPS) is 23.7. The molecule has 1 fully saturated rings. The molecule has 1 aliphatic heterocycles. The van der Waals surface area contributed by atoms with Crippen molar-refractivity contribution >= 4 is 0 Å². The first-order valence-corrected chi connectivity index (χ1v) is 4.50. The van der Waals surface area contributed by atoms with Crippen molar-refractivity contribution in [3.05, 3.63) is 11.3 Å². The van der Waals surface area contributed by atoms with E-state index in [4.69, 9.17) is 11.1 Å². The molecular formula is C9H15N3O. The van der Waals surface area contributed by atoms with Gasteiger partial charge in [0.2, 0.25) is 0 Å². The molecule has 0 aromatic heterocycles. The SMILES string of the molecule is CC(O)/C(C#N)=C1\CCCCN1N. The molecule has 1 aliphatic rings. The van der Waals surface area contributed by atoms with Gasteiger partial charge in [0.15, 0.2) is 0 Å². The highest BCUT2D eigenvalue weighted by molar-refractivity contribution is 5.30. The predicted octanol–water partition coefficient (Wildman–Crippen LogP) is 0.504. The van der Waals surface area contributed by atoms with Crippen LogP contribution in [0, 0.1) is 11.3 Å². The average molecular weight is 181 g/mol. The zero-order chi connectivity index (χ0) is 9.84. The molecular weight excluding hydrogens is 166 g/mol. The van der Waals surface area contributed by atoms with Crippen LogP contribution < -0.4 is 5.84 Å². The minimum absolute atomic E-state index is 0.405. The summed E-state index contributed by atoms with van der Waals surface area (Å²) in [4.78, 5) is 0. The maximum absolute atomic E-state index is 9.32. The van der Waals surface area contributed by atoms with Gasteiger partial charge in [0.05, 0.1) is 17.7 Å². The summed E-state index contributed by atoms with van der Waals surface area (Å²) in [5.41, 5.74) is 1.20. The number of hydrogen-bond donors (Lipinski definition) is 2. The fraction of sp³-hybridized carbons (Fsp3) is 0.667. The summed E-state index contributed by atoms with van der Waals surface area (Å²) >= 11 is 0. The molecule has 0 spiro atoms. The molecule has 13 heavy (non-hydrogen) atoms. The lowest BCUT2D eigenvalue weighted by atomic mass is 10.0. The lowest BCUT2D eigenvalue weighted by Crippen LogP contribution is -2.36. The lowest BCUT2D eigenvalue weighted by Gasteiger charge is -2.28. The van der Waals surface area contributed by atoms with E-state index in [2.05, 4.69) is 0 Å². The fourth-order valence-electron chi connectivity index (χ4n) is 1.54. The molecule has 1 atom stereocenters. The van der Waals surface area contributed by atoms with E-state index in [0.717, 1.165) is 31.5 Å². The Kier molecular flexibility index (Phi) is 3.29. The van der Waals surface area contributed by atoms with Crippen LogP contribution in [0.5, 0.6) is 0 Å². The summed E-state index contributed by atoms with van der Waals surface area (Å²) in [6, 6.07) is 2.01. The van der Waals surface area contributed by atoms with Gasteiger partial charge < -0.3 is 10.1 Å². The van der Waals surface area contributed by atoms with Gasteiger partial charge in [-0.05, 0) is 26.2 Å². The van der Waals surface area contributed by atoms with Crippen molar-refractivity contribution in [2.24, 2.45) is 5.84 Å². The smallest absolute Gasteiger partial charge is 0.0993 e. The second-order valence-electron chi connectivity index (χ2n) is 3.30. The van der Waals surface area contributed by atoms with Gasteiger partial charge in [-0.3, -0.25) is 0 Å². The number of nitriles is 1. The van der Waals surface area contributed by atoms with Crippen LogP contribution >= 0.6 is 0 Å². The summed E-state index contributed by atoms with van der Waals surface area (Å²) in [6.07, 6.45) is 2.17. The quantitative estimate of drug-likeness (QED) is 0.456. The van der Waals surface area contributed by atoms with E-state index in [0.29, 0.717) is 5.57 Å². The van der Waals surface area contributed by atoms with E-state index in [1.807, 2.05) is 6.07 Å². The Balaban J connectivity index is 2.91. The molecule has 1 saturated heterocycles. The standard InChI is InChI=1S/C9H15N3O/c1-7(13)8(6-10)9-4-2-3-5-12(9)11/h7,13H,2-5,11H2,1H3/b9-8+. The molecule has 4 heteroatoms. The summed E-state index contributed by atoms with van der Waals surface area (Å²) in [5, 5.41) is 19.7. The Morgan fingerprint density at radius 2 is 2.38 bits per heavy atom. The molecule has 0 bridgehead atoms. The van der Waals surface area contributed by atoms with E-state index >= 15 is 0 Å². The van der Waals surface area contributed by atoms with Crippen molar-refractivity contribution < 1.29 is 5.11 Å². The highest BCUT2D eigenvalue weighted by Crippen LogP contribution is 2.21. The van der Waals surface area contributed by atoms with Gasteiger partial charge in [-0.15, -0.1) is 0 Å². The van der Waals surface area contributed by atoms with Crippen molar-refractivity contribution in [1.82, 2.24) is 5.01 Å². The highest BCUT2D eigenvalue weighted by Gasteiger charge is 2.18. The number of nitrogens with two attached hydrogens (primary N) is 1. The van der Waals surface area contributed by atoms with E-state index < -0.39 is 6.10 Å². The number of piperidine rings is 1. The van der Waals surface area contributed by atoms with Crippen LogP contribution in [0.2, 0.25) is 0 Å². The Morgan fingerprint density at radius 1 is 1.69 bits per heavy atom. The number of aliphatic hydroxyl groups is 1. The van der Waals surface area contributed by atoms with Gasteiger partial charge in [0.1, 0.15) is 0 Å². The second-order valence-corrected chi connectivity index (χ2v) is 3.30. The average Bonchev–Trinajstić information content (AvgIpc) is 2.09. The van der Waals surface area contributed by atoms with Gasteiger partial charge in [-0.1, -0.05) is 0 Å². The number of allylic oxidation sites excluding steroid dienone is 1. The zero-order valence-corrected chi connectivity index (χ0v) is 7.82. The van der Waals surface area contributed by atoms with Crippen molar-refractivity contribution in [3.8, 4) is 6.07 Å². The maximum atomic E-state index is 9.32. The second kappa shape index (κ2) is 4.26. The third-order valence-electron chi connectivity index (χ3n) is 2.26. The Morgan fingerprint density at radius 3 is 2.85 bits per heavy atom. The molecule has 1 rings (SSSR count). The van der Waals surface area contributed by atoms with Crippen LogP contribution in [-0.2, 0) is 0 Å². The molecule has 0 saturated carbocycles. The van der Waals surface area contributed by atoms with Crippen LogP contribution in [0.15, 0.2) is 11.3 Å². The third kappa shape index (κ3) is 2.20. The Labute approximate surface area is 78.2 Å².